The largest absolute Gasteiger partial charge is 0.493 e. The van der Waals surface area contributed by atoms with E-state index in [1.807, 2.05) is 12.1 Å². The Morgan fingerprint density at radius 3 is 3.00 bits per heavy atom. The fourth-order valence-electron chi connectivity index (χ4n) is 2.29. The van der Waals surface area contributed by atoms with Crippen LogP contribution in [0.3, 0.4) is 0 Å². The molecule has 2 aromatic rings. The van der Waals surface area contributed by atoms with Crippen molar-refractivity contribution in [3.8, 4) is 5.75 Å². The van der Waals surface area contributed by atoms with E-state index in [9.17, 15) is 9.59 Å². The quantitative estimate of drug-likeness (QED) is 0.850. The highest BCUT2D eigenvalue weighted by molar-refractivity contribution is 9.10. The fourth-order valence-corrected chi connectivity index (χ4v) is 2.84. The average molecular weight is 338 g/mol. The number of halogens is 1. The lowest BCUT2D eigenvalue weighted by Gasteiger charge is -2.11. The van der Waals surface area contributed by atoms with E-state index in [0.717, 1.165) is 27.8 Å². The Hall–Kier alpha value is -2.02. The number of anilines is 1. The van der Waals surface area contributed by atoms with E-state index in [4.69, 9.17) is 10.5 Å². The monoisotopic (exact) mass is 337 g/mol. The first-order valence-corrected chi connectivity index (χ1v) is 6.87. The first kappa shape index (κ1) is 13.0. The van der Waals surface area contributed by atoms with Crippen LogP contribution in [0.4, 0.5) is 5.69 Å². The number of hydrogen-bond acceptors (Lipinski definition) is 4. The number of rotatable bonds is 2. The Kier molecular flexibility index (Phi) is 3.13. The molecule has 0 saturated carbocycles. The lowest BCUT2D eigenvalue weighted by molar-refractivity contribution is 0.352. The minimum Gasteiger partial charge on any atom is -0.493 e. The van der Waals surface area contributed by atoms with E-state index in [1.54, 1.807) is 0 Å². The van der Waals surface area contributed by atoms with Gasteiger partial charge in [0.2, 0.25) is 0 Å². The van der Waals surface area contributed by atoms with Gasteiger partial charge in [0.05, 0.1) is 13.2 Å². The average Bonchev–Trinajstić information content (AvgIpc) is 2.84. The van der Waals surface area contributed by atoms with Gasteiger partial charge in [-0.25, -0.2) is 4.79 Å². The van der Waals surface area contributed by atoms with Crippen LogP contribution in [0.5, 0.6) is 5.75 Å². The number of nitrogens with two attached hydrogens (primary N) is 1. The van der Waals surface area contributed by atoms with Crippen molar-refractivity contribution >= 4 is 21.6 Å². The van der Waals surface area contributed by atoms with Crippen LogP contribution in [-0.4, -0.2) is 16.2 Å². The second-order valence-corrected chi connectivity index (χ2v) is 5.54. The van der Waals surface area contributed by atoms with Gasteiger partial charge in [0, 0.05) is 22.7 Å². The van der Waals surface area contributed by atoms with Crippen molar-refractivity contribution in [1.82, 2.24) is 9.55 Å². The number of aromatic amines is 1. The Morgan fingerprint density at radius 1 is 1.40 bits per heavy atom. The van der Waals surface area contributed by atoms with Crippen LogP contribution in [0, 0.1) is 0 Å². The third-order valence-corrected chi connectivity index (χ3v) is 3.66. The molecule has 0 fully saturated rings. The van der Waals surface area contributed by atoms with Gasteiger partial charge in [-0.1, -0.05) is 15.9 Å². The third kappa shape index (κ3) is 2.24. The highest BCUT2D eigenvalue weighted by Crippen LogP contribution is 2.33. The van der Waals surface area contributed by atoms with Crippen LogP contribution in [0.15, 0.2) is 32.4 Å². The zero-order valence-electron chi connectivity index (χ0n) is 10.5. The number of aromatic nitrogens is 2. The van der Waals surface area contributed by atoms with Crippen LogP contribution in [0.25, 0.3) is 0 Å². The van der Waals surface area contributed by atoms with Crippen LogP contribution in [0.1, 0.15) is 11.1 Å². The Balaban J connectivity index is 2.07. The summed E-state index contributed by atoms with van der Waals surface area (Å²) in [6.45, 7) is 0.934. The predicted octanol–water partition coefficient (Wildman–Crippen LogP) is 0.865. The number of nitrogen functional groups attached to an aromatic ring is 1. The molecule has 104 valence electrons. The fraction of sp³-hybridized carbons (Fsp3) is 0.231. The highest BCUT2D eigenvalue weighted by atomic mass is 79.9. The van der Waals surface area contributed by atoms with E-state index in [0.29, 0.717) is 13.2 Å². The molecule has 6 nitrogen and oxygen atoms in total. The summed E-state index contributed by atoms with van der Waals surface area (Å²) in [5.41, 5.74) is 6.48. The molecule has 0 unspecified atom stereocenters. The van der Waals surface area contributed by atoms with Gasteiger partial charge in [-0.05, 0) is 17.7 Å². The summed E-state index contributed by atoms with van der Waals surface area (Å²) in [7, 11) is 0. The maximum Gasteiger partial charge on any atom is 0.328 e. The highest BCUT2D eigenvalue weighted by Gasteiger charge is 2.18. The zero-order chi connectivity index (χ0) is 14.3. The van der Waals surface area contributed by atoms with E-state index in [2.05, 4.69) is 20.9 Å². The summed E-state index contributed by atoms with van der Waals surface area (Å²) in [4.78, 5) is 25.2. The molecule has 0 atom stereocenters. The minimum atomic E-state index is -0.568. The normalized spacial score (nSPS) is 13.1. The Morgan fingerprint density at radius 2 is 2.20 bits per heavy atom. The van der Waals surface area contributed by atoms with Gasteiger partial charge in [-0.2, -0.15) is 0 Å². The van der Waals surface area contributed by atoms with Gasteiger partial charge < -0.3 is 10.5 Å². The summed E-state index contributed by atoms with van der Waals surface area (Å²) >= 11 is 3.45. The zero-order valence-corrected chi connectivity index (χ0v) is 12.1. The van der Waals surface area contributed by atoms with E-state index < -0.39 is 11.2 Å². The molecule has 0 aliphatic carbocycles. The second kappa shape index (κ2) is 4.82. The molecule has 20 heavy (non-hydrogen) atoms. The van der Waals surface area contributed by atoms with E-state index >= 15 is 0 Å². The number of hydrogen-bond donors (Lipinski definition) is 2. The van der Waals surface area contributed by atoms with E-state index in [-0.39, 0.29) is 5.69 Å². The molecule has 0 spiro atoms. The number of ether oxygens (including phenoxy) is 1. The standard InChI is InChI=1S/C13H12BrN3O3/c14-9-3-7-1-2-20-11(7)8(4-9)5-17-6-10(15)12(18)16-13(17)19/h3-4,6H,1-2,5,15H2,(H,16,18,19). The van der Waals surface area contributed by atoms with E-state index in [1.165, 1.54) is 10.8 Å². The van der Waals surface area contributed by atoms with Gasteiger partial charge in [0.25, 0.3) is 5.56 Å². The molecule has 3 N–H and O–H groups in total. The Bertz CT molecular complexity index is 794. The molecule has 2 heterocycles. The van der Waals surface area contributed by atoms with Gasteiger partial charge in [-0.15, -0.1) is 0 Å². The van der Waals surface area contributed by atoms with Crippen LogP contribution in [0.2, 0.25) is 0 Å². The molecular weight excluding hydrogens is 326 g/mol. The lowest BCUT2D eigenvalue weighted by atomic mass is 10.1. The maximum atomic E-state index is 11.8. The molecule has 7 heteroatoms. The van der Waals surface area contributed by atoms with Crippen molar-refractivity contribution in [2.75, 3.05) is 12.3 Å². The predicted molar refractivity (Wildman–Crippen MR) is 78.2 cm³/mol. The van der Waals surface area contributed by atoms with Crippen molar-refractivity contribution in [2.24, 2.45) is 0 Å². The minimum absolute atomic E-state index is 0.0113. The first-order chi connectivity index (χ1) is 9.54. The SMILES string of the molecule is Nc1cn(Cc2cc(Br)cc3c2OCC3)c(=O)[nH]c1=O. The van der Waals surface area contributed by atoms with Crippen molar-refractivity contribution in [2.45, 2.75) is 13.0 Å². The number of H-pyrrole nitrogens is 1. The molecular formula is C13H12BrN3O3. The van der Waals surface area contributed by atoms with Crippen molar-refractivity contribution in [1.29, 1.82) is 0 Å². The lowest BCUT2D eigenvalue weighted by Crippen LogP contribution is -2.31. The first-order valence-electron chi connectivity index (χ1n) is 6.08. The smallest absolute Gasteiger partial charge is 0.328 e. The second-order valence-electron chi connectivity index (χ2n) is 4.62. The maximum absolute atomic E-state index is 11.8. The summed E-state index contributed by atoms with van der Waals surface area (Å²) in [6.07, 6.45) is 2.20. The molecule has 1 aliphatic rings. The molecule has 0 bridgehead atoms. The van der Waals surface area contributed by atoms with Gasteiger partial charge in [0.15, 0.2) is 0 Å². The summed E-state index contributed by atoms with van der Waals surface area (Å²) in [5.74, 6) is 0.810. The van der Waals surface area contributed by atoms with Crippen LogP contribution < -0.4 is 21.7 Å². The van der Waals surface area contributed by atoms with Crippen molar-refractivity contribution in [3.05, 3.63) is 54.8 Å². The summed E-state index contributed by atoms with van der Waals surface area (Å²) < 4.78 is 7.91. The third-order valence-electron chi connectivity index (χ3n) is 3.20. The number of nitrogens with zero attached hydrogens (tertiary/aromatic N) is 1. The number of fused-ring (bicyclic) bond motifs is 1. The Labute approximate surface area is 122 Å². The molecule has 1 aromatic carbocycles. The molecule has 3 rings (SSSR count). The number of nitrogens with one attached hydrogen (secondary N) is 1. The topological polar surface area (TPSA) is 90.1 Å². The molecule has 0 amide bonds. The summed E-state index contributed by atoms with van der Waals surface area (Å²) in [5, 5.41) is 0. The number of benzene rings is 1. The van der Waals surface area contributed by atoms with Crippen molar-refractivity contribution < 1.29 is 4.74 Å². The molecule has 1 aromatic heterocycles. The van der Waals surface area contributed by atoms with Gasteiger partial charge >= 0.3 is 5.69 Å². The van der Waals surface area contributed by atoms with Gasteiger partial charge in [0.1, 0.15) is 11.4 Å². The van der Waals surface area contributed by atoms with Crippen LogP contribution >= 0.6 is 15.9 Å². The molecule has 0 radical (unpaired) electrons. The summed E-state index contributed by atoms with van der Waals surface area (Å²) in [6, 6.07) is 3.91. The molecule has 0 saturated heterocycles. The van der Waals surface area contributed by atoms with Crippen LogP contribution in [-0.2, 0) is 13.0 Å². The van der Waals surface area contributed by atoms with Crippen molar-refractivity contribution in [3.63, 3.8) is 0 Å². The van der Waals surface area contributed by atoms with Gasteiger partial charge in [-0.3, -0.25) is 14.3 Å². The molecule has 1 aliphatic heterocycles.